The Kier molecular flexibility index (Phi) is 9.00. The Balaban J connectivity index is 0.00000324. The molecule has 2 heterocycles. The van der Waals surface area contributed by atoms with E-state index in [9.17, 15) is 17.6 Å². The molecule has 11 heteroatoms. The molecular weight excluding hydrogens is 501 g/mol. The quantitative estimate of drug-likeness (QED) is 0.440. The van der Waals surface area contributed by atoms with Crippen molar-refractivity contribution in [3.8, 4) is 0 Å². The summed E-state index contributed by atoms with van der Waals surface area (Å²) < 4.78 is 45.6. The Labute approximate surface area is 208 Å². The molecule has 34 heavy (non-hydrogen) atoms. The Morgan fingerprint density at radius 2 is 1.91 bits per heavy atom. The second kappa shape index (κ2) is 11.5. The fourth-order valence-corrected chi connectivity index (χ4v) is 5.89. The first kappa shape index (κ1) is 26.5. The van der Waals surface area contributed by atoms with Crippen LogP contribution < -0.4 is 4.90 Å². The zero-order valence-corrected chi connectivity index (χ0v) is 21.2. The zero-order valence-electron chi connectivity index (χ0n) is 18.8. The summed E-state index contributed by atoms with van der Waals surface area (Å²) in [6.07, 6.45) is 0.660. The standard InChI is InChI=1S/C23H26FN3O4S2.ClH/c1-2-33(29,30)20-10-4-3-7-17(20)22(28)27(12-6-11-26-13-15-31-16-14-26)23-25-21-18(24)8-5-9-19(21)32-23;/h3-5,7-10H,2,6,11-16H2,1H3;1H. The van der Waals surface area contributed by atoms with E-state index >= 15 is 0 Å². The summed E-state index contributed by atoms with van der Waals surface area (Å²) in [5.41, 5.74) is 0.309. The lowest BCUT2D eigenvalue weighted by atomic mass is 10.2. The number of para-hydroxylation sites is 1. The lowest BCUT2D eigenvalue weighted by Crippen LogP contribution is -2.39. The molecule has 1 aliphatic rings. The number of thiazole rings is 1. The van der Waals surface area contributed by atoms with E-state index in [0.717, 1.165) is 19.6 Å². The third-order valence-corrected chi connectivity index (χ3v) is 8.46. The van der Waals surface area contributed by atoms with Crippen molar-refractivity contribution in [2.75, 3.05) is 50.0 Å². The number of carbonyl (C=O) groups excluding carboxylic acids is 1. The van der Waals surface area contributed by atoms with E-state index in [1.54, 1.807) is 31.2 Å². The van der Waals surface area contributed by atoms with Crippen LogP contribution in [0.3, 0.4) is 0 Å². The van der Waals surface area contributed by atoms with Gasteiger partial charge in [0.25, 0.3) is 5.91 Å². The molecule has 0 bridgehead atoms. The first-order valence-corrected chi connectivity index (χ1v) is 13.4. The highest BCUT2D eigenvalue weighted by Crippen LogP contribution is 2.32. The van der Waals surface area contributed by atoms with Crippen LogP contribution >= 0.6 is 23.7 Å². The SMILES string of the molecule is CCS(=O)(=O)c1ccccc1C(=O)N(CCCN1CCOCC1)c1nc2c(F)cccc2s1.Cl. The van der Waals surface area contributed by atoms with Crippen LogP contribution in [-0.2, 0) is 14.6 Å². The van der Waals surface area contributed by atoms with Gasteiger partial charge < -0.3 is 4.74 Å². The zero-order chi connectivity index (χ0) is 23.4. The van der Waals surface area contributed by atoms with Gasteiger partial charge in [0.2, 0.25) is 0 Å². The minimum Gasteiger partial charge on any atom is -0.379 e. The lowest BCUT2D eigenvalue weighted by Gasteiger charge is -2.28. The number of sulfone groups is 1. The molecule has 1 aromatic heterocycles. The molecule has 0 unspecified atom stereocenters. The van der Waals surface area contributed by atoms with Crippen LogP contribution in [0, 0.1) is 5.82 Å². The van der Waals surface area contributed by atoms with E-state index in [1.165, 1.54) is 34.4 Å². The largest absolute Gasteiger partial charge is 0.379 e. The predicted octanol–water partition coefficient (Wildman–Crippen LogP) is 4.02. The average molecular weight is 528 g/mol. The summed E-state index contributed by atoms with van der Waals surface area (Å²) in [4.78, 5) is 21.8. The van der Waals surface area contributed by atoms with Gasteiger partial charge in [0.05, 0.1) is 34.1 Å². The average Bonchev–Trinajstić information content (AvgIpc) is 3.27. The fraction of sp³-hybridized carbons (Fsp3) is 0.391. The number of morpholine rings is 1. The minimum absolute atomic E-state index is 0. The fourth-order valence-electron chi connectivity index (χ4n) is 3.80. The second-order valence-corrected chi connectivity index (χ2v) is 11.0. The van der Waals surface area contributed by atoms with Crippen molar-refractivity contribution in [1.29, 1.82) is 0 Å². The molecule has 4 rings (SSSR count). The van der Waals surface area contributed by atoms with Gasteiger partial charge >= 0.3 is 0 Å². The van der Waals surface area contributed by atoms with Gasteiger partial charge in [-0.1, -0.05) is 36.5 Å². The van der Waals surface area contributed by atoms with Gasteiger partial charge in [-0.3, -0.25) is 14.6 Å². The van der Waals surface area contributed by atoms with Crippen LogP contribution in [0.4, 0.5) is 9.52 Å². The van der Waals surface area contributed by atoms with Gasteiger partial charge in [-0.15, -0.1) is 12.4 Å². The number of rotatable bonds is 8. The number of nitrogens with zero attached hydrogens (tertiary/aromatic N) is 3. The van der Waals surface area contributed by atoms with E-state index < -0.39 is 21.6 Å². The van der Waals surface area contributed by atoms with Gasteiger partial charge in [-0.05, 0) is 30.7 Å². The van der Waals surface area contributed by atoms with E-state index in [4.69, 9.17) is 4.74 Å². The van der Waals surface area contributed by atoms with Crippen LogP contribution in [0.25, 0.3) is 10.2 Å². The lowest BCUT2D eigenvalue weighted by molar-refractivity contribution is 0.0376. The molecule has 0 saturated carbocycles. The number of hydrogen-bond acceptors (Lipinski definition) is 7. The molecule has 1 fully saturated rings. The Morgan fingerprint density at radius 1 is 1.18 bits per heavy atom. The second-order valence-electron chi connectivity index (χ2n) is 7.75. The van der Waals surface area contributed by atoms with Gasteiger partial charge in [0.15, 0.2) is 15.0 Å². The summed E-state index contributed by atoms with van der Waals surface area (Å²) >= 11 is 1.22. The van der Waals surface area contributed by atoms with Gasteiger partial charge in [0, 0.05) is 26.2 Å². The molecule has 1 amide bonds. The Bertz CT molecular complexity index is 1250. The third-order valence-electron chi connectivity index (χ3n) is 5.63. The van der Waals surface area contributed by atoms with Crippen LogP contribution in [-0.4, -0.2) is 69.4 Å². The molecule has 0 spiro atoms. The number of ether oxygens (including phenoxy) is 1. The van der Waals surface area contributed by atoms with E-state index in [2.05, 4.69) is 9.88 Å². The van der Waals surface area contributed by atoms with Crippen molar-refractivity contribution in [3.63, 3.8) is 0 Å². The molecule has 1 saturated heterocycles. The number of carbonyl (C=O) groups is 1. The molecule has 7 nitrogen and oxygen atoms in total. The van der Waals surface area contributed by atoms with Crippen molar-refractivity contribution in [2.45, 2.75) is 18.2 Å². The number of hydrogen-bond donors (Lipinski definition) is 0. The molecule has 2 aromatic carbocycles. The summed E-state index contributed by atoms with van der Waals surface area (Å²) in [6, 6.07) is 10.9. The van der Waals surface area contributed by atoms with Crippen molar-refractivity contribution in [1.82, 2.24) is 9.88 Å². The Morgan fingerprint density at radius 3 is 2.62 bits per heavy atom. The highest BCUT2D eigenvalue weighted by atomic mass is 35.5. The van der Waals surface area contributed by atoms with Crippen LogP contribution in [0.5, 0.6) is 0 Å². The van der Waals surface area contributed by atoms with E-state index in [0.29, 0.717) is 36.0 Å². The van der Waals surface area contributed by atoms with Crippen LogP contribution in [0.15, 0.2) is 47.4 Å². The van der Waals surface area contributed by atoms with Gasteiger partial charge in [-0.25, -0.2) is 17.8 Å². The maximum absolute atomic E-state index is 14.3. The van der Waals surface area contributed by atoms with Crippen molar-refractivity contribution < 1.29 is 22.3 Å². The van der Waals surface area contributed by atoms with Crippen molar-refractivity contribution >= 4 is 54.8 Å². The van der Waals surface area contributed by atoms with Crippen LogP contribution in [0.1, 0.15) is 23.7 Å². The smallest absolute Gasteiger partial charge is 0.261 e. The highest BCUT2D eigenvalue weighted by molar-refractivity contribution is 7.91. The number of aromatic nitrogens is 1. The highest BCUT2D eigenvalue weighted by Gasteiger charge is 2.27. The number of benzene rings is 2. The number of amides is 1. The van der Waals surface area contributed by atoms with Gasteiger partial charge in [0.1, 0.15) is 11.3 Å². The number of fused-ring (bicyclic) bond motifs is 1. The molecule has 1 aliphatic heterocycles. The number of anilines is 1. The van der Waals surface area contributed by atoms with Gasteiger partial charge in [-0.2, -0.15) is 0 Å². The van der Waals surface area contributed by atoms with E-state index in [-0.39, 0.29) is 34.1 Å². The molecule has 184 valence electrons. The summed E-state index contributed by atoms with van der Waals surface area (Å²) in [5, 5.41) is 0.353. The normalized spacial score (nSPS) is 14.6. The maximum atomic E-state index is 14.3. The molecule has 3 aromatic rings. The van der Waals surface area contributed by atoms with Crippen molar-refractivity contribution in [3.05, 3.63) is 53.8 Å². The van der Waals surface area contributed by atoms with Crippen LogP contribution in [0.2, 0.25) is 0 Å². The summed E-state index contributed by atoms with van der Waals surface area (Å²) in [5.74, 6) is -1.02. The first-order chi connectivity index (χ1) is 15.9. The Hall–Kier alpha value is -2.11. The number of halogens is 2. The third kappa shape index (κ3) is 5.75. The molecule has 0 atom stereocenters. The van der Waals surface area contributed by atoms with Crippen molar-refractivity contribution in [2.24, 2.45) is 0 Å². The minimum atomic E-state index is -3.61. The molecule has 0 N–H and O–H groups in total. The summed E-state index contributed by atoms with van der Waals surface area (Å²) in [6.45, 7) is 5.67. The molecule has 0 radical (unpaired) electrons. The summed E-state index contributed by atoms with van der Waals surface area (Å²) in [7, 11) is -3.61. The topological polar surface area (TPSA) is 79.8 Å². The van der Waals surface area contributed by atoms with E-state index in [1.807, 2.05) is 0 Å². The molecule has 0 aliphatic carbocycles. The monoisotopic (exact) mass is 527 g/mol. The predicted molar refractivity (Wildman–Crippen MR) is 135 cm³/mol. The maximum Gasteiger partial charge on any atom is 0.261 e. The first-order valence-electron chi connectivity index (χ1n) is 10.9. The molecular formula is C23H27ClFN3O4S2.